The summed E-state index contributed by atoms with van der Waals surface area (Å²) in [5.74, 6) is 0.000157. The van der Waals surface area contributed by atoms with Gasteiger partial charge in [0.15, 0.2) is 11.3 Å². The number of H-pyrrole nitrogens is 1. The van der Waals surface area contributed by atoms with Crippen LogP contribution >= 0.6 is 0 Å². The smallest absolute Gasteiger partial charge is 0.417 e. The summed E-state index contributed by atoms with van der Waals surface area (Å²) in [6, 6.07) is 10.2. The first-order valence-corrected chi connectivity index (χ1v) is 7.56. The summed E-state index contributed by atoms with van der Waals surface area (Å²) in [5.41, 5.74) is 2.79. The topological polar surface area (TPSA) is 97.5 Å². The van der Waals surface area contributed by atoms with E-state index in [-0.39, 0.29) is 11.7 Å². The Bertz CT molecular complexity index is 1170. The van der Waals surface area contributed by atoms with Gasteiger partial charge in [0.2, 0.25) is 0 Å². The van der Waals surface area contributed by atoms with Crippen molar-refractivity contribution in [3.8, 4) is 5.75 Å². The number of ether oxygens (including phenoxy) is 1. The van der Waals surface area contributed by atoms with Gasteiger partial charge < -0.3 is 18.9 Å². The molecule has 1 amide bonds. The molecule has 0 fully saturated rings. The van der Waals surface area contributed by atoms with E-state index in [2.05, 4.69) is 10.3 Å². The molecule has 25 heavy (non-hydrogen) atoms. The van der Waals surface area contributed by atoms with Gasteiger partial charge in [-0.1, -0.05) is 0 Å². The number of furan rings is 1. The summed E-state index contributed by atoms with van der Waals surface area (Å²) < 4.78 is 15.8. The van der Waals surface area contributed by atoms with Crippen molar-refractivity contribution in [2.75, 3.05) is 12.4 Å². The van der Waals surface area contributed by atoms with Crippen LogP contribution < -0.4 is 15.8 Å². The number of hydrogen-bond acceptors (Lipinski definition) is 5. The van der Waals surface area contributed by atoms with Crippen LogP contribution in [0.5, 0.6) is 5.75 Å². The quantitative estimate of drug-likeness (QED) is 0.596. The van der Waals surface area contributed by atoms with E-state index in [0.29, 0.717) is 28.1 Å². The minimum Gasteiger partial charge on any atom is -0.497 e. The molecule has 0 unspecified atom stereocenters. The largest absolute Gasteiger partial charge is 0.497 e. The molecule has 0 aliphatic carbocycles. The van der Waals surface area contributed by atoms with Crippen molar-refractivity contribution in [3.05, 3.63) is 58.3 Å². The second kappa shape index (κ2) is 5.55. The summed E-state index contributed by atoms with van der Waals surface area (Å²) in [5, 5.41) is 3.58. The van der Waals surface area contributed by atoms with E-state index < -0.39 is 5.76 Å². The molecule has 0 radical (unpaired) electrons. The highest BCUT2D eigenvalue weighted by Crippen LogP contribution is 2.29. The van der Waals surface area contributed by atoms with E-state index in [4.69, 9.17) is 13.6 Å². The molecular weight excluding hydrogens is 324 g/mol. The van der Waals surface area contributed by atoms with Crippen molar-refractivity contribution >= 4 is 33.7 Å². The van der Waals surface area contributed by atoms with E-state index in [1.165, 1.54) is 0 Å². The minimum atomic E-state index is -0.541. The number of rotatable bonds is 3. The summed E-state index contributed by atoms with van der Waals surface area (Å²) in [6.07, 6.45) is 0. The third kappa shape index (κ3) is 2.55. The Balaban J connectivity index is 1.68. The number of carbonyl (C=O) groups is 1. The van der Waals surface area contributed by atoms with Gasteiger partial charge in [0.25, 0.3) is 5.91 Å². The Morgan fingerprint density at radius 1 is 1.12 bits per heavy atom. The van der Waals surface area contributed by atoms with Crippen LogP contribution in [0, 0.1) is 6.92 Å². The number of nitrogens with one attached hydrogen (secondary N) is 2. The lowest BCUT2D eigenvalue weighted by Gasteiger charge is -2.03. The van der Waals surface area contributed by atoms with Crippen LogP contribution in [-0.4, -0.2) is 18.0 Å². The third-order valence-corrected chi connectivity index (χ3v) is 4.03. The lowest BCUT2D eigenvalue weighted by atomic mass is 10.1. The van der Waals surface area contributed by atoms with Crippen molar-refractivity contribution in [3.63, 3.8) is 0 Å². The van der Waals surface area contributed by atoms with E-state index >= 15 is 0 Å². The lowest BCUT2D eigenvalue weighted by Crippen LogP contribution is -2.12. The molecule has 2 heterocycles. The van der Waals surface area contributed by atoms with Crippen LogP contribution in [0.1, 0.15) is 16.1 Å². The average molecular weight is 338 g/mol. The van der Waals surface area contributed by atoms with Gasteiger partial charge in [0.05, 0.1) is 12.6 Å². The number of fused-ring (bicyclic) bond motifs is 2. The van der Waals surface area contributed by atoms with Gasteiger partial charge in [0, 0.05) is 16.6 Å². The highest BCUT2D eigenvalue weighted by Gasteiger charge is 2.18. The van der Waals surface area contributed by atoms with Gasteiger partial charge in [-0.15, -0.1) is 0 Å². The van der Waals surface area contributed by atoms with Crippen molar-refractivity contribution in [1.29, 1.82) is 0 Å². The fourth-order valence-electron chi connectivity index (χ4n) is 2.76. The first-order chi connectivity index (χ1) is 12.0. The molecule has 4 rings (SSSR count). The monoisotopic (exact) mass is 338 g/mol. The molecule has 2 aromatic heterocycles. The number of amides is 1. The normalized spacial score (nSPS) is 11.1. The number of hydrogen-bond donors (Lipinski definition) is 2. The number of benzene rings is 2. The fourth-order valence-corrected chi connectivity index (χ4v) is 2.76. The highest BCUT2D eigenvalue weighted by atomic mass is 16.5. The van der Waals surface area contributed by atoms with Gasteiger partial charge in [-0.2, -0.15) is 0 Å². The average Bonchev–Trinajstić information content (AvgIpc) is 3.13. The maximum atomic E-state index is 12.6. The zero-order valence-electron chi connectivity index (χ0n) is 13.5. The Morgan fingerprint density at radius 2 is 1.92 bits per heavy atom. The first-order valence-electron chi connectivity index (χ1n) is 7.56. The highest BCUT2D eigenvalue weighted by molar-refractivity contribution is 6.07. The number of aromatic nitrogens is 1. The fraction of sp³-hybridized carbons (Fsp3) is 0.111. The molecule has 0 spiro atoms. The summed E-state index contributed by atoms with van der Waals surface area (Å²) in [6.45, 7) is 1.82. The van der Waals surface area contributed by atoms with Crippen LogP contribution in [-0.2, 0) is 0 Å². The molecule has 0 saturated heterocycles. The standard InChI is InChI=1S/C18H14N2O5/c1-9-12-8-11(23-2)4-6-14(12)24-16(9)17(21)19-10-3-5-15-13(7-10)20-18(22)25-15/h3-8H,1-2H3,(H,19,21)(H,20,22). The molecular formula is C18H14N2O5. The zero-order valence-corrected chi connectivity index (χ0v) is 13.5. The molecule has 7 heteroatoms. The molecule has 4 aromatic rings. The van der Waals surface area contributed by atoms with Gasteiger partial charge in [-0.05, 0) is 43.3 Å². The van der Waals surface area contributed by atoms with E-state index in [1.807, 2.05) is 13.0 Å². The minimum absolute atomic E-state index is 0.226. The molecule has 2 aromatic carbocycles. The van der Waals surface area contributed by atoms with Gasteiger partial charge >= 0.3 is 5.76 Å². The summed E-state index contributed by atoms with van der Waals surface area (Å²) in [7, 11) is 1.58. The summed E-state index contributed by atoms with van der Waals surface area (Å²) in [4.78, 5) is 26.3. The Hall–Kier alpha value is -3.48. The molecule has 0 atom stereocenters. The van der Waals surface area contributed by atoms with Crippen molar-refractivity contribution in [2.24, 2.45) is 0 Å². The number of anilines is 1. The third-order valence-electron chi connectivity index (χ3n) is 4.03. The molecule has 2 N–H and O–H groups in total. The number of methoxy groups -OCH3 is 1. The number of oxazole rings is 1. The van der Waals surface area contributed by atoms with Crippen LogP contribution in [0.15, 0.2) is 50.0 Å². The van der Waals surface area contributed by atoms with Crippen molar-refractivity contribution in [2.45, 2.75) is 6.92 Å². The second-order valence-corrected chi connectivity index (χ2v) is 5.60. The van der Waals surface area contributed by atoms with Crippen LogP contribution in [0.2, 0.25) is 0 Å². The zero-order chi connectivity index (χ0) is 17.6. The molecule has 7 nitrogen and oxygen atoms in total. The van der Waals surface area contributed by atoms with Crippen molar-refractivity contribution < 1.29 is 18.4 Å². The van der Waals surface area contributed by atoms with E-state index in [0.717, 1.165) is 10.9 Å². The number of aryl methyl sites for hydroxylation is 1. The first kappa shape index (κ1) is 15.1. The Morgan fingerprint density at radius 3 is 2.72 bits per heavy atom. The van der Waals surface area contributed by atoms with Gasteiger partial charge in [-0.3, -0.25) is 9.78 Å². The van der Waals surface area contributed by atoms with Crippen LogP contribution in [0.25, 0.3) is 22.1 Å². The van der Waals surface area contributed by atoms with E-state index in [9.17, 15) is 9.59 Å². The van der Waals surface area contributed by atoms with Crippen LogP contribution in [0.3, 0.4) is 0 Å². The van der Waals surface area contributed by atoms with Gasteiger partial charge in [0.1, 0.15) is 11.3 Å². The maximum Gasteiger partial charge on any atom is 0.417 e. The molecule has 0 aliphatic heterocycles. The molecule has 0 saturated carbocycles. The second-order valence-electron chi connectivity index (χ2n) is 5.60. The predicted molar refractivity (Wildman–Crippen MR) is 92.3 cm³/mol. The molecule has 126 valence electrons. The SMILES string of the molecule is COc1ccc2oc(C(=O)Nc3ccc4oc(=O)[nH]c4c3)c(C)c2c1. The molecule has 0 bridgehead atoms. The number of aromatic amines is 1. The lowest BCUT2D eigenvalue weighted by molar-refractivity contribution is 0.0998. The summed E-state index contributed by atoms with van der Waals surface area (Å²) >= 11 is 0. The number of carbonyl (C=O) groups excluding carboxylic acids is 1. The molecule has 0 aliphatic rings. The maximum absolute atomic E-state index is 12.6. The Kier molecular flexibility index (Phi) is 3.35. The van der Waals surface area contributed by atoms with Gasteiger partial charge in [-0.25, -0.2) is 4.79 Å². The van der Waals surface area contributed by atoms with E-state index in [1.54, 1.807) is 37.4 Å². The van der Waals surface area contributed by atoms with Crippen LogP contribution in [0.4, 0.5) is 5.69 Å². The predicted octanol–water partition coefficient (Wildman–Crippen LogP) is 3.44. The van der Waals surface area contributed by atoms with Crippen molar-refractivity contribution in [1.82, 2.24) is 4.98 Å². The Labute approximate surface area is 141 Å².